The maximum absolute atomic E-state index is 8.84. The SMILES string of the molecule is CC.CC(C)c1cccc(CO)c1. The van der Waals surface area contributed by atoms with Crippen LogP contribution < -0.4 is 0 Å². The van der Waals surface area contributed by atoms with Crippen LogP contribution in [-0.4, -0.2) is 5.11 Å². The van der Waals surface area contributed by atoms with Crippen LogP contribution in [0.1, 0.15) is 44.7 Å². The number of rotatable bonds is 2. The summed E-state index contributed by atoms with van der Waals surface area (Å²) >= 11 is 0. The molecular weight excluding hydrogens is 160 g/mol. The smallest absolute Gasteiger partial charge is 0.0681 e. The third-order valence-corrected chi connectivity index (χ3v) is 1.80. The quantitative estimate of drug-likeness (QED) is 0.740. The molecule has 0 fully saturated rings. The molecule has 0 aliphatic carbocycles. The molecule has 0 aromatic heterocycles. The minimum Gasteiger partial charge on any atom is -0.392 e. The van der Waals surface area contributed by atoms with E-state index in [1.54, 1.807) is 0 Å². The molecule has 1 aromatic carbocycles. The van der Waals surface area contributed by atoms with Gasteiger partial charge in [0.25, 0.3) is 0 Å². The molecule has 0 aliphatic rings. The normalized spacial score (nSPS) is 9.38. The second kappa shape index (κ2) is 6.67. The van der Waals surface area contributed by atoms with Gasteiger partial charge in [0.05, 0.1) is 6.61 Å². The first-order valence-electron chi connectivity index (χ1n) is 4.93. The van der Waals surface area contributed by atoms with Gasteiger partial charge in [0, 0.05) is 0 Å². The van der Waals surface area contributed by atoms with Crippen molar-refractivity contribution in [3.63, 3.8) is 0 Å². The molecule has 1 rings (SSSR count). The third-order valence-electron chi connectivity index (χ3n) is 1.80. The fourth-order valence-electron chi connectivity index (χ4n) is 1.05. The Morgan fingerprint density at radius 1 is 1.23 bits per heavy atom. The summed E-state index contributed by atoms with van der Waals surface area (Å²) in [5.41, 5.74) is 2.28. The first kappa shape index (κ1) is 12.2. The van der Waals surface area contributed by atoms with Crippen molar-refractivity contribution >= 4 is 0 Å². The van der Waals surface area contributed by atoms with Crippen LogP contribution in [0.4, 0.5) is 0 Å². The van der Waals surface area contributed by atoms with Crippen LogP contribution in [0, 0.1) is 0 Å². The van der Waals surface area contributed by atoms with Crippen molar-refractivity contribution in [3.8, 4) is 0 Å². The van der Waals surface area contributed by atoms with E-state index in [0.717, 1.165) is 5.56 Å². The van der Waals surface area contributed by atoms with Gasteiger partial charge in [0.1, 0.15) is 0 Å². The zero-order valence-corrected chi connectivity index (χ0v) is 9.04. The van der Waals surface area contributed by atoms with Crippen molar-refractivity contribution in [2.75, 3.05) is 0 Å². The van der Waals surface area contributed by atoms with Crippen molar-refractivity contribution in [1.29, 1.82) is 0 Å². The van der Waals surface area contributed by atoms with Gasteiger partial charge in [-0.3, -0.25) is 0 Å². The number of aliphatic hydroxyl groups is 1. The topological polar surface area (TPSA) is 20.2 Å². The molecule has 0 heterocycles. The molecule has 0 amide bonds. The zero-order valence-electron chi connectivity index (χ0n) is 9.04. The minimum absolute atomic E-state index is 0.139. The third kappa shape index (κ3) is 4.09. The number of aliphatic hydroxyl groups excluding tert-OH is 1. The summed E-state index contributed by atoms with van der Waals surface area (Å²) in [4.78, 5) is 0. The maximum Gasteiger partial charge on any atom is 0.0681 e. The van der Waals surface area contributed by atoms with E-state index in [2.05, 4.69) is 19.9 Å². The standard InChI is InChI=1S/C10H14O.C2H6/c1-8(2)10-5-3-4-9(6-10)7-11;1-2/h3-6,8,11H,7H2,1-2H3;1-2H3. The minimum atomic E-state index is 0.139. The molecule has 0 unspecified atom stereocenters. The Bertz CT molecular complexity index is 228. The second-order valence-corrected chi connectivity index (χ2v) is 3.06. The number of benzene rings is 1. The van der Waals surface area contributed by atoms with Gasteiger partial charge in [-0.05, 0) is 17.0 Å². The van der Waals surface area contributed by atoms with Crippen molar-refractivity contribution in [3.05, 3.63) is 35.4 Å². The summed E-state index contributed by atoms with van der Waals surface area (Å²) in [5.74, 6) is 0.543. The molecule has 1 heteroatoms. The highest BCUT2D eigenvalue weighted by molar-refractivity contribution is 5.24. The molecule has 1 N–H and O–H groups in total. The average molecular weight is 180 g/mol. The van der Waals surface area contributed by atoms with E-state index >= 15 is 0 Å². The van der Waals surface area contributed by atoms with Crippen LogP contribution in [0.2, 0.25) is 0 Å². The van der Waals surface area contributed by atoms with E-state index in [-0.39, 0.29) is 6.61 Å². The van der Waals surface area contributed by atoms with Crippen LogP contribution in [0.5, 0.6) is 0 Å². The van der Waals surface area contributed by atoms with Crippen molar-refractivity contribution in [1.82, 2.24) is 0 Å². The first-order chi connectivity index (χ1) is 6.24. The lowest BCUT2D eigenvalue weighted by Crippen LogP contribution is -1.89. The molecule has 0 saturated heterocycles. The average Bonchev–Trinajstić information content (AvgIpc) is 2.21. The Labute approximate surface area is 81.4 Å². The summed E-state index contributed by atoms with van der Waals surface area (Å²) in [6.07, 6.45) is 0. The zero-order chi connectivity index (χ0) is 10.3. The first-order valence-corrected chi connectivity index (χ1v) is 4.93. The lowest BCUT2D eigenvalue weighted by Gasteiger charge is -2.05. The maximum atomic E-state index is 8.84. The van der Waals surface area contributed by atoms with Gasteiger partial charge < -0.3 is 5.11 Å². The van der Waals surface area contributed by atoms with Gasteiger partial charge in [-0.25, -0.2) is 0 Å². The Morgan fingerprint density at radius 3 is 2.31 bits per heavy atom. The summed E-state index contributed by atoms with van der Waals surface area (Å²) in [5, 5.41) is 8.84. The lowest BCUT2D eigenvalue weighted by molar-refractivity contribution is 0.281. The van der Waals surface area contributed by atoms with Crippen LogP contribution in [0.25, 0.3) is 0 Å². The predicted molar refractivity (Wildman–Crippen MR) is 57.8 cm³/mol. The summed E-state index contributed by atoms with van der Waals surface area (Å²) in [6.45, 7) is 8.44. The van der Waals surface area contributed by atoms with Crippen LogP contribution in [0.3, 0.4) is 0 Å². The Hall–Kier alpha value is -0.820. The van der Waals surface area contributed by atoms with Crippen molar-refractivity contribution < 1.29 is 5.11 Å². The van der Waals surface area contributed by atoms with E-state index < -0.39 is 0 Å². The molecular formula is C12H20O. The number of hydrogen-bond donors (Lipinski definition) is 1. The molecule has 1 aromatic rings. The van der Waals surface area contributed by atoms with E-state index in [0.29, 0.717) is 5.92 Å². The van der Waals surface area contributed by atoms with Gasteiger partial charge in [-0.1, -0.05) is 52.0 Å². The van der Waals surface area contributed by atoms with E-state index in [1.807, 2.05) is 32.0 Å². The molecule has 0 atom stereocenters. The van der Waals surface area contributed by atoms with Gasteiger partial charge in [0.2, 0.25) is 0 Å². The molecule has 13 heavy (non-hydrogen) atoms. The largest absolute Gasteiger partial charge is 0.392 e. The van der Waals surface area contributed by atoms with E-state index in [1.165, 1.54) is 5.56 Å². The van der Waals surface area contributed by atoms with E-state index in [9.17, 15) is 0 Å². The molecule has 0 spiro atoms. The van der Waals surface area contributed by atoms with Crippen molar-refractivity contribution in [2.45, 2.75) is 40.2 Å². The van der Waals surface area contributed by atoms with Gasteiger partial charge in [0.15, 0.2) is 0 Å². The number of hydrogen-bond acceptors (Lipinski definition) is 1. The summed E-state index contributed by atoms with van der Waals surface area (Å²) in [7, 11) is 0. The molecule has 0 aliphatic heterocycles. The molecule has 1 nitrogen and oxygen atoms in total. The molecule has 0 bridgehead atoms. The molecule has 0 radical (unpaired) electrons. The van der Waals surface area contributed by atoms with Crippen LogP contribution >= 0.6 is 0 Å². The Kier molecular flexibility index (Phi) is 6.25. The van der Waals surface area contributed by atoms with Crippen LogP contribution in [-0.2, 0) is 6.61 Å². The lowest BCUT2D eigenvalue weighted by atomic mass is 10.0. The van der Waals surface area contributed by atoms with Gasteiger partial charge in [-0.2, -0.15) is 0 Å². The van der Waals surface area contributed by atoms with Crippen molar-refractivity contribution in [2.24, 2.45) is 0 Å². The predicted octanol–water partition coefficient (Wildman–Crippen LogP) is 3.33. The second-order valence-electron chi connectivity index (χ2n) is 3.06. The Balaban J connectivity index is 0.000000671. The van der Waals surface area contributed by atoms with Crippen LogP contribution in [0.15, 0.2) is 24.3 Å². The monoisotopic (exact) mass is 180 g/mol. The fourth-order valence-corrected chi connectivity index (χ4v) is 1.05. The highest BCUT2D eigenvalue weighted by atomic mass is 16.3. The molecule has 74 valence electrons. The van der Waals surface area contributed by atoms with E-state index in [4.69, 9.17) is 5.11 Å². The van der Waals surface area contributed by atoms with Gasteiger partial charge in [-0.15, -0.1) is 0 Å². The highest BCUT2D eigenvalue weighted by Crippen LogP contribution is 2.15. The Morgan fingerprint density at radius 2 is 1.85 bits per heavy atom. The summed E-state index contributed by atoms with van der Waals surface area (Å²) in [6, 6.07) is 8.06. The summed E-state index contributed by atoms with van der Waals surface area (Å²) < 4.78 is 0. The molecule has 0 saturated carbocycles. The van der Waals surface area contributed by atoms with Gasteiger partial charge >= 0.3 is 0 Å². The highest BCUT2D eigenvalue weighted by Gasteiger charge is 1.98. The fraction of sp³-hybridized carbons (Fsp3) is 0.500.